The van der Waals surface area contributed by atoms with E-state index in [1.54, 1.807) is 44.2 Å². The minimum Gasteiger partial charge on any atom is -0.496 e. The average molecular weight is 564 g/mol. The number of hydrogen-bond acceptors (Lipinski definition) is 8. The van der Waals surface area contributed by atoms with Crippen molar-refractivity contribution in [3.63, 3.8) is 0 Å². The van der Waals surface area contributed by atoms with Crippen LogP contribution >= 0.6 is 0 Å². The number of H-pyrrole nitrogens is 1. The fraction of sp³-hybridized carbons (Fsp3) is 0.379. The molecule has 12 heteroatoms. The molecule has 216 valence electrons. The predicted octanol–water partition coefficient (Wildman–Crippen LogP) is 1.75. The summed E-state index contributed by atoms with van der Waals surface area (Å²) < 4.78 is 10.5. The lowest BCUT2D eigenvalue weighted by molar-refractivity contribution is -0.132. The van der Waals surface area contributed by atoms with Crippen molar-refractivity contribution in [1.82, 2.24) is 25.9 Å². The maximum Gasteiger partial charge on any atom is 0.340 e. The molecule has 0 spiro atoms. The molecular weight excluding hydrogens is 530 g/mol. The van der Waals surface area contributed by atoms with E-state index in [0.717, 1.165) is 12.1 Å². The molecule has 12 nitrogen and oxygen atoms in total. The Kier molecular flexibility index (Phi) is 9.33. The Bertz CT molecular complexity index is 1480. The molecule has 0 radical (unpaired) electrons. The molecule has 0 bridgehead atoms. The van der Waals surface area contributed by atoms with Gasteiger partial charge in [-0.3, -0.25) is 24.2 Å². The molecule has 2 aromatic heterocycles. The monoisotopic (exact) mass is 563 g/mol. The van der Waals surface area contributed by atoms with Crippen molar-refractivity contribution in [2.45, 2.75) is 39.2 Å². The number of aromatic nitrogens is 2. The smallest absolute Gasteiger partial charge is 0.340 e. The van der Waals surface area contributed by atoms with Crippen molar-refractivity contribution in [1.29, 1.82) is 0 Å². The predicted molar refractivity (Wildman–Crippen MR) is 148 cm³/mol. The first-order valence-electron chi connectivity index (χ1n) is 13.3. The van der Waals surface area contributed by atoms with E-state index in [1.165, 1.54) is 13.3 Å². The first-order valence-corrected chi connectivity index (χ1v) is 13.3. The second-order valence-corrected chi connectivity index (χ2v) is 9.96. The van der Waals surface area contributed by atoms with Crippen molar-refractivity contribution in [2.24, 2.45) is 5.92 Å². The summed E-state index contributed by atoms with van der Waals surface area (Å²) >= 11 is 0. The van der Waals surface area contributed by atoms with Gasteiger partial charge in [-0.1, -0.05) is 6.07 Å². The molecular formula is C29H33N5O7. The van der Waals surface area contributed by atoms with Gasteiger partial charge < -0.3 is 30.4 Å². The number of piperidine rings is 1. The van der Waals surface area contributed by atoms with Gasteiger partial charge in [0.25, 0.3) is 5.91 Å². The highest BCUT2D eigenvalue weighted by molar-refractivity contribution is 6.01. The van der Waals surface area contributed by atoms with Gasteiger partial charge in [-0.2, -0.15) is 0 Å². The number of carbonyl (C=O) groups is 5. The number of carbonyl (C=O) groups excluding carboxylic acids is 5. The molecule has 3 aromatic rings. The molecule has 3 amide bonds. The molecule has 0 aliphatic carbocycles. The van der Waals surface area contributed by atoms with Crippen molar-refractivity contribution < 1.29 is 33.4 Å². The summed E-state index contributed by atoms with van der Waals surface area (Å²) in [7, 11) is 1.53. The van der Waals surface area contributed by atoms with E-state index in [1.807, 2.05) is 0 Å². The minimum atomic E-state index is -1.10. The molecule has 1 aliphatic heterocycles. The summed E-state index contributed by atoms with van der Waals surface area (Å²) in [5.74, 6) is -2.55. The molecule has 1 saturated heterocycles. The standard InChI is InChI=1S/C29H33N5O7/c1-16-10-17(2)31-13-20(16)29(39)41-15-24(35)22(11-18-6-5-9-30-27(18)37)34-26(36)14-32-28(38)23-12-19-21(33-23)7-4-8-25(19)40-3/h4,7-8,10,12-13,18,22,33H,5-6,9,11,14-15H2,1-3H3,(H,30,37)(H,32,38)(H,34,36)/t18-,22?/m0/s1. The van der Waals surface area contributed by atoms with E-state index in [0.29, 0.717) is 35.2 Å². The third-order valence-corrected chi connectivity index (χ3v) is 6.95. The van der Waals surface area contributed by atoms with E-state index >= 15 is 0 Å². The number of fused-ring (bicyclic) bond motifs is 1. The van der Waals surface area contributed by atoms with Gasteiger partial charge in [0.15, 0.2) is 12.4 Å². The van der Waals surface area contributed by atoms with Crippen molar-refractivity contribution in [3.05, 3.63) is 59.0 Å². The van der Waals surface area contributed by atoms with Crippen LogP contribution in [0.5, 0.6) is 5.75 Å². The largest absolute Gasteiger partial charge is 0.496 e. The zero-order valence-electron chi connectivity index (χ0n) is 23.2. The Hall–Kier alpha value is -4.74. The molecule has 1 unspecified atom stereocenters. The van der Waals surface area contributed by atoms with Crippen LogP contribution in [0, 0.1) is 19.8 Å². The van der Waals surface area contributed by atoms with Crippen LogP contribution in [-0.4, -0.2) is 72.3 Å². The summed E-state index contributed by atoms with van der Waals surface area (Å²) in [6.45, 7) is 3.06. The van der Waals surface area contributed by atoms with Gasteiger partial charge in [-0.15, -0.1) is 0 Å². The molecule has 1 fully saturated rings. The fourth-order valence-corrected chi connectivity index (χ4v) is 4.77. The lowest BCUT2D eigenvalue weighted by Crippen LogP contribution is -2.49. The number of nitrogens with zero attached hydrogens (tertiary/aromatic N) is 1. The Morgan fingerprint density at radius 2 is 1.98 bits per heavy atom. The average Bonchev–Trinajstić information content (AvgIpc) is 3.40. The lowest BCUT2D eigenvalue weighted by Gasteiger charge is -2.26. The van der Waals surface area contributed by atoms with E-state index in [9.17, 15) is 24.0 Å². The fourth-order valence-electron chi connectivity index (χ4n) is 4.77. The summed E-state index contributed by atoms with van der Waals surface area (Å²) in [6.07, 6.45) is 2.72. The van der Waals surface area contributed by atoms with Crippen molar-refractivity contribution >= 4 is 40.4 Å². The van der Waals surface area contributed by atoms with Crippen LogP contribution in [0.2, 0.25) is 0 Å². The molecule has 41 heavy (non-hydrogen) atoms. The molecule has 2 atom stereocenters. The van der Waals surface area contributed by atoms with Gasteiger partial charge in [0, 0.05) is 35.3 Å². The van der Waals surface area contributed by atoms with E-state index in [2.05, 4.69) is 25.9 Å². The zero-order chi connectivity index (χ0) is 29.5. The van der Waals surface area contributed by atoms with Crippen LogP contribution in [0.25, 0.3) is 10.9 Å². The third kappa shape index (κ3) is 7.27. The number of amides is 3. The molecule has 4 N–H and O–H groups in total. The number of benzene rings is 1. The van der Waals surface area contributed by atoms with Gasteiger partial charge in [-0.05, 0) is 62.9 Å². The number of ketones is 1. The second-order valence-electron chi connectivity index (χ2n) is 9.96. The summed E-state index contributed by atoms with van der Waals surface area (Å²) in [5.41, 5.74) is 2.55. The normalized spacial score (nSPS) is 15.5. The summed E-state index contributed by atoms with van der Waals surface area (Å²) in [4.78, 5) is 70.6. The number of methoxy groups -OCH3 is 1. The quantitative estimate of drug-likeness (QED) is 0.256. The van der Waals surface area contributed by atoms with Crippen LogP contribution in [0.3, 0.4) is 0 Å². The number of aromatic amines is 1. The van der Waals surface area contributed by atoms with Crippen LogP contribution in [0.4, 0.5) is 0 Å². The first-order chi connectivity index (χ1) is 19.7. The van der Waals surface area contributed by atoms with Crippen LogP contribution < -0.4 is 20.7 Å². The number of ether oxygens (including phenoxy) is 2. The van der Waals surface area contributed by atoms with Gasteiger partial charge in [0.2, 0.25) is 11.8 Å². The highest BCUT2D eigenvalue weighted by Gasteiger charge is 2.31. The van der Waals surface area contributed by atoms with Gasteiger partial charge in [0.05, 0.1) is 25.3 Å². The van der Waals surface area contributed by atoms with Gasteiger partial charge in [-0.25, -0.2) is 4.79 Å². The number of aryl methyl sites for hydroxylation is 2. The number of nitrogens with one attached hydrogen (secondary N) is 4. The van der Waals surface area contributed by atoms with Crippen LogP contribution in [0.1, 0.15) is 51.4 Å². The summed E-state index contributed by atoms with van der Waals surface area (Å²) in [5, 5.41) is 8.61. The van der Waals surface area contributed by atoms with Gasteiger partial charge in [0.1, 0.15) is 11.4 Å². The van der Waals surface area contributed by atoms with Crippen molar-refractivity contribution in [2.75, 3.05) is 26.8 Å². The maximum atomic E-state index is 13.1. The van der Waals surface area contributed by atoms with Crippen LogP contribution in [0.15, 0.2) is 36.5 Å². The number of Topliss-reactive ketones (excluding diaryl/α,β-unsaturated/α-hetero) is 1. The van der Waals surface area contributed by atoms with E-state index < -0.39 is 48.7 Å². The lowest BCUT2D eigenvalue weighted by atomic mass is 9.90. The zero-order valence-corrected chi connectivity index (χ0v) is 23.2. The molecule has 1 aromatic carbocycles. The number of esters is 1. The highest BCUT2D eigenvalue weighted by atomic mass is 16.5. The SMILES string of the molecule is COc1cccc2[nH]c(C(=O)NCC(=O)NC(C[C@@H]3CCCNC3=O)C(=O)COC(=O)c3cnc(C)cc3C)cc12. The Balaban J connectivity index is 1.38. The number of hydrogen-bond donors (Lipinski definition) is 4. The van der Waals surface area contributed by atoms with Gasteiger partial charge >= 0.3 is 5.97 Å². The Morgan fingerprint density at radius 3 is 2.71 bits per heavy atom. The molecule has 3 heterocycles. The minimum absolute atomic E-state index is 0.0365. The van der Waals surface area contributed by atoms with E-state index in [4.69, 9.17) is 9.47 Å². The second kappa shape index (κ2) is 13.1. The van der Waals surface area contributed by atoms with Crippen LogP contribution in [-0.2, 0) is 19.1 Å². The first kappa shape index (κ1) is 29.2. The Morgan fingerprint density at radius 1 is 1.17 bits per heavy atom. The summed E-state index contributed by atoms with van der Waals surface area (Å²) in [6, 6.07) is 7.59. The van der Waals surface area contributed by atoms with E-state index in [-0.39, 0.29) is 23.6 Å². The van der Waals surface area contributed by atoms with Crippen molar-refractivity contribution in [3.8, 4) is 5.75 Å². The number of pyridine rings is 1. The molecule has 1 aliphatic rings. The molecule has 0 saturated carbocycles. The molecule has 4 rings (SSSR count). The third-order valence-electron chi connectivity index (χ3n) is 6.95. The maximum absolute atomic E-state index is 13.1. The Labute approximate surface area is 236 Å². The highest BCUT2D eigenvalue weighted by Crippen LogP contribution is 2.26. The number of rotatable bonds is 11. The topological polar surface area (TPSA) is 169 Å².